The van der Waals surface area contributed by atoms with E-state index in [4.69, 9.17) is 9.79 Å². The van der Waals surface area contributed by atoms with Gasteiger partial charge in [0.2, 0.25) is 6.33 Å². The number of phosphoric acid groups is 1. The highest BCUT2D eigenvalue weighted by Crippen LogP contribution is 2.40. The highest BCUT2D eigenvalue weighted by molar-refractivity contribution is 7.46. The first-order valence-electron chi connectivity index (χ1n) is 9.21. The molecule has 2 aromatic heterocycles. The van der Waals surface area contributed by atoms with Crippen LogP contribution in [0, 0.1) is 17.5 Å². The second-order valence-electron chi connectivity index (χ2n) is 7.11. The highest BCUT2D eigenvalue weighted by atomic mass is 31.2. The Bertz CT molecular complexity index is 1160. The van der Waals surface area contributed by atoms with Crippen molar-refractivity contribution in [3.63, 3.8) is 0 Å². The minimum Gasteiger partial charge on any atom is -0.381 e. The molecule has 172 valence electrons. The van der Waals surface area contributed by atoms with Crippen molar-refractivity contribution >= 4 is 7.82 Å². The van der Waals surface area contributed by atoms with Crippen LogP contribution in [0.4, 0.5) is 13.2 Å². The van der Waals surface area contributed by atoms with Crippen LogP contribution in [0.1, 0.15) is 37.3 Å². The summed E-state index contributed by atoms with van der Waals surface area (Å²) in [5.41, 5.74) is -2.69. The molecule has 10 nitrogen and oxygen atoms in total. The van der Waals surface area contributed by atoms with Gasteiger partial charge in [0.05, 0.1) is 11.9 Å². The molecule has 0 aliphatic heterocycles. The van der Waals surface area contributed by atoms with E-state index < -0.39 is 49.6 Å². The van der Waals surface area contributed by atoms with Crippen molar-refractivity contribution in [2.75, 3.05) is 0 Å². The van der Waals surface area contributed by atoms with Gasteiger partial charge in [-0.05, 0) is 13.0 Å². The van der Waals surface area contributed by atoms with Gasteiger partial charge in [0, 0.05) is 22.6 Å². The number of hydrogen-bond acceptors (Lipinski definition) is 6. The maximum atomic E-state index is 14.7. The number of halogens is 3. The molecule has 3 atom stereocenters. The molecule has 14 heteroatoms. The summed E-state index contributed by atoms with van der Waals surface area (Å²) in [5, 5.41) is 15.6. The molecular formula is C18H20F3N5O5P+. The molecule has 32 heavy (non-hydrogen) atoms. The van der Waals surface area contributed by atoms with Crippen molar-refractivity contribution in [3.05, 3.63) is 72.1 Å². The summed E-state index contributed by atoms with van der Waals surface area (Å²) in [6, 6.07) is 2.57. The Morgan fingerprint density at radius 2 is 1.97 bits per heavy atom. The summed E-state index contributed by atoms with van der Waals surface area (Å²) >= 11 is 0. The summed E-state index contributed by atoms with van der Waals surface area (Å²) in [6.45, 7) is 2.30. The van der Waals surface area contributed by atoms with E-state index in [2.05, 4.69) is 19.6 Å². The number of aliphatic hydroxyl groups is 1. The Hall–Kier alpha value is -2.70. The van der Waals surface area contributed by atoms with E-state index in [9.17, 15) is 22.8 Å². The van der Waals surface area contributed by atoms with E-state index in [-0.39, 0.29) is 11.3 Å². The van der Waals surface area contributed by atoms with E-state index in [1.165, 1.54) is 24.7 Å². The molecule has 1 unspecified atom stereocenters. The van der Waals surface area contributed by atoms with E-state index in [1.807, 2.05) is 0 Å². The van der Waals surface area contributed by atoms with Crippen LogP contribution in [0.5, 0.6) is 0 Å². The van der Waals surface area contributed by atoms with Crippen LogP contribution in [-0.4, -0.2) is 34.6 Å². The van der Waals surface area contributed by atoms with E-state index in [0.717, 1.165) is 35.7 Å². The van der Waals surface area contributed by atoms with Gasteiger partial charge >= 0.3 is 7.82 Å². The lowest BCUT2D eigenvalue weighted by atomic mass is 9.79. The molecule has 3 N–H and O–H groups in total. The van der Waals surface area contributed by atoms with Gasteiger partial charge in [-0.2, -0.15) is 0 Å². The molecule has 1 aromatic carbocycles. The fourth-order valence-electron chi connectivity index (χ4n) is 3.27. The number of benzene rings is 1. The average molecular weight is 474 g/mol. The third-order valence-electron chi connectivity index (χ3n) is 4.93. The van der Waals surface area contributed by atoms with Crippen LogP contribution in [0.2, 0.25) is 0 Å². The Balaban J connectivity index is 2.03. The summed E-state index contributed by atoms with van der Waals surface area (Å²) in [5.74, 6) is -3.91. The van der Waals surface area contributed by atoms with E-state index in [0.29, 0.717) is 6.07 Å². The average Bonchev–Trinajstić information content (AvgIpc) is 3.15. The van der Waals surface area contributed by atoms with E-state index in [1.54, 1.807) is 0 Å². The molecule has 0 bridgehead atoms. The number of nitrogens with zero attached hydrogens (tertiary/aromatic N) is 5. The fraction of sp³-hybridized carbons (Fsp3) is 0.333. The molecule has 0 amide bonds. The largest absolute Gasteiger partial charge is 0.472 e. The van der Waals surface area contributed by atoms with Gasteiger partial charge < -0.3 is 14.9 Å². The molecule has 0 radical (unpaired) electrons. The van der Waals surface area contributed by atoms with Crippen molar-refractivity contribution < 1.29 is 41.7 Å². The minimum absolute atomic E-state index is 0.204. The predicted octanol–water partition coefficient (Wildman–Crippen LogP) is 1.70. The standard InChI is InChI=1S/C18H19F3N5O5P/c1-11(17-16(21)6-22-8-23-17)18(27,14-4-3-13(19)5-15(14)20)7-26-10-25(9-24-26)12(2)31-32(28,29)30/h3-6,8-12,27H,7H2,1-2H3,(H-,28,29,30)/p+1/t11-,12?,18+/m0/s1. The van der Waals surface area contributed by atoms with Crippen molar-refractivity contribution in [1.82, 2.24) is 19.7 Å². The lowest BCUT2D eigenvalue weighted by Crippen LogP contribution is -2.40. The monoisotopic (exact) mass is 474 g/mol. The number of hydrogen-bond donors (Lipinski definition) is 3. The predicted molar refractivity (Wildman–Crippen MR) is 101 cm³/mol. The van der Waals surface area contributed by atoms with Gasteiger partial charge in [-0.1, -0.05) is 13.0 Å². The first-order valence-corrected chi connectivity index (χ1v) is 10.7. The van der Waals surface area contributed by atoms with Crippen LogP contribution in [0.25, 0.3) is 0 Å². The van der Waals surface area contributed by atoms with Crippen LogP contribution < -0.4 is 4.57 Å². The molecule has 3 aromatic rings. The summed E-state index contributed by atoms with van der Waals surface area (Å²) in [4.78, 5) is 25.3. The van der Waals surface area contributed by atoms with Gasteiger partial charge in [-0.25, -0.2) is 36.8 Å². The van der Waals surface area contributed by atoms with Gasteiger partial charge in [0.1, 0.15) is 30.1 Å². The van der Waals surface area contributed by atoms with Gasteiger partial charge in [0.15, 0.2) is 12.0 Å². The van der Waals surface area contributed by atoms with Gasteiger partial charge in [-0.15, -0.1) is 4.68 Å². The smallest absolute Gasteiger partial charge is 0.381 e. The first kappa shape index (κ1) is 24.0. The Morgan fingerprint density at radius 1 is 1.25 bits per heavy atom. The maximum absolute atomic E-state index is 14.7. The lowest BCUT2D eigenvalue weighted by Gasteiger charge is -2.32. The summed E-state index contributed by atoms with van der Waals surface area (Å²) in [6.07, 6.45) is 3.24. The molecule has 0 fully saturated rings. The van der Waals surface area contributed by atoms with Crippen LogP contribution in [-0.2, 0) is 21.2 Å². The Morgan fingerprint density at radius 3 is 2.59 bits per heavy atom. The third-order valence-corrected chi connectivity index (χ3v) is 5.51. The molecule has 0 saturated heterocycles. The number of phosphoric ester groups is 1. The summed E-state index contributed by atoms with van der Waals surface area (Å²) in [7, 11) is -4.79. The molecular weight excluding hydrogens is 454 g/mol. The van der Waals surface area contributed by atoms with E-state index >= 15 is 0 Å². The second-order valence-corrected chi connectivity index (χ2v) is 8.30. The summed E-state index contributed by atoms with van der Waals surface area (Å²) < 4.78 is 60.4. The van der Waals surface area contributed by atoms with Crippen molar-refractivity contribution in [2.45, 2.75) is 38.1 Å². The normalized spacial score (nSPS) is 15.9. The third kappa shape index (κ3) is 5.19. The molecule has 2 heterocycles. The first-order chi connectivity index (χ1) is 14.9. The lowest BCUT2D eigenvalue weighted by molar-refractivity contribution is -0.751. The zero-order valence-corrected chi connectivity index (χ0v) is 17.8. The highest BCUT2D eigenvalue weighted by Gasteiger charge is 2.43. The van der Waals surface area contributed by atoms with Gasteiger partial charge in [-0.3, -0.25) is 0 Å². The van der Waals surface area contributed by atoms with Crippen molar-refractivity contribution in [2.24, 2.45) is 0 Å². The van der Waals surface area contributed by atoms with Crippen LogP contribution in [0.3, 0.4) is 0 Å². The Kier molecular flexibility index (Phi) is 6.77. The fourth-order valence-corrected chi connectivity index (χ4v) is 3.78. The topological polar surface area (TPSA) is 134 Å². The molecule has 3 rings (SSSR count). The van der Waals surface area contributed by atoms with Crippen LogP contribution in [0.15, 0.2) is 43.4 Å². The molecule has 0 spiro atoms. The Labute approximate surface area is 180 Å². The molecule has 0 saturated carbocycles. The molecule has 0 aliphatic rings. The van der Waals surface area contributed by atoms with Crippen LogP contribution >= 0.6 is 7.82 Å². The number of aromatic nitrogens is 5. The zero-order valence-electron chi connectivity index (χ0n) is 16.9. The second kappa shape index (κ2) is 9.04. The minimum atomic E-state index is -4.79. The SMILES string of the molecule is CC(OP(=O)(O)O)[n+]1cnn(C[C@](O)(c2ccc(F)cc2F)[C@@H](C)c2ncncc2F)c1. The quantitative estimate of drug-likeness (QED) is 0.332. The van der Waals surface area contributed by atoms with Crippen molar-refractivity contribution in [3.8, 4) is 0 Å². The van der Waals surface area contributed by atoms with Crippen molar-refractivity contribution in [1.29, 1.82) is 0 Å². The number of rotatable bonds is 8. The zero-order chi connectivity index (χ0) is 23.7. The maximum Gasteiger partial charge on any atom is 0.472 e. The van der Waals surface area contributed by atoms with Gasteiger partial charge in [0.25, 0.3) is 6.33 Å². The molecule has 0 aliphatic carbocycles.